The Morgan fingerprint density at radius 2 is 2.29 bits per heavy atom. The van der Waals surface area contributed by atoms with E-state index in [4.69, 9.17) is 10.5 Å². The van der Waals surface area contributed by atoms with Crippen molar-refractivity contribution in [1.29, 1.82) is 0 Å². The zero-order valence-corrected chi connectivity index (χ0v) is 10.9. The van der Waals surface area contributed by atoms with Crippen molar-refractivity contribution in [1.82, 2.24) is 0 Å². The van der Waals surface area contributed by atoms with Gasteiger partial charge in [0.25, 0.3) is 0 Å². The lowest BCUT2D eigenvalue weighted by molar-refractivity contribution is 0.0510. The zero-order valence-electron chi connectivity index (χ0n) is 10.1. The molecule has 1 aromatic carbocycles. The first kappa shape index (κ1) is 12.7. The van der Waals surface area contributed by atoms with Gasteiger partial charge in [0.2, 0.25) is 0 Å². The second-order valence-corrected chi connectivity index (χ2v) is 5.60. The molecule has 0 radical (unpaired) electrons. The minimum absolute atomic E-state index is 0.342. The van der Waals surface area contributed by atoms with Crippen molar-refractivity contribution in [2.45, 2.75) is 23.3 Å². The highest BCUT2D eigenvalue weighted by Crippen LogP contribution is 2.41. The van der Waals surface area contributed by atoms with Crippen molar-refractivity contribution in [3.63, 3.8) is 0 Å². The van der Waals surface area contributed by atoms with Crippen molar-refractivity contribution in [2.24, 2.45) is 11.7 Å². The Labute approximate surface area is 106 Å². The third-order valence-corrected chi connectivity index (χ3v) is 4.45. The van der Waals surface area contributed by atoms with E-state index in [2.05, 4.69) is 0 Å². The minimum atomic E-state index is -0.701. The summed E-state index contributed by atoms with van der Waals surface area (Å²) in [6.45, 7) is 0.342. The number of ether oxygens (including phenoxy) is 1. The van der Waals surface area contributed by atoms with Gasteiger partial charge in [0.15, 0.2) is 0 Å². The smallest absolute Gasteiger partial charge is 0.119 e. The molecule has 1 aromatic rings. The summed E-state index contributed by atoms with van der Waals surface area (Å²) in [7, 11) is 1.66. The number of nitrogens with two attached hydrogens (primary N) is 1. The Kier molecular flexibility index (Phi) is 3.97. The van der Waals surface area contributed by atoms with Gasteiger partial charge in [-0.25, -0.2) is 0 Å². The Morgan fingerprint density at radius 1 is 1.53 bits per heavy atom. The van der Waals surface area contributed by atoms with Gasteiger partial charge in [0, 0.05) is 17.2 Å². The summed E-state index contributed by atoms with van der Waals surface area (Å²) < 4.78 is 5.17. The van der Waals surface area contributed by atoms with Crippen LogP contribution in [0.15, 0.2) is 29.2 Å². The highest BCUT2D eigenvalue weighted by molar-refractivity contribution is 7.99. The van der Waals surface area contributed by atoms with Crippen LogP contribution >= 0.6 is 11.8 Å². The first-order valence-corrected chi connectivity index (χ1v) is 6.86. The standard InChI is InChI=1S/C13H19NO2S/c1-16-11-3-2-4-12(7-11)17-9-13(15,8-14)10-5-6-10/h2-4,7,10,15H,5-6,8-9,14H2,1H3. The van der Waals surface area contributed by atoms with E-state index in [-0.39, 0.29) is 0 Å². The molecular weight excluding hydrogens is 234 g/mol. The van der Waals surface area contributed by atoms with Crippen molar-refractivity contribution in [3.05, 3.63) is 24.3 Å². The van der Waals surface area contributed by atoms with Crippen LogP contribution < -0.4 is 10.5 Å². The highest BCUT2D eigenvalue weighted by Gasteiger charge is 2.42. The van der Waals surface area contributed by atoms with Crippen molar-refractivity contribution in [2.75, 3.05) is 19.4 Å². The van der Waals surface area contributed by atoms with Crippen molar-refractivity contribution in [3.8, 4) is 5.75 Å². The summed E-state index contributed by atoms with van der Waals surface area (Å²) in [6.07, 6.45) is 2.21. The molecule has 4 heteroatoms. The summed E-state index contributed by atoms with van der Waals surface area (Å²) in [5.41, 5.74) is 4.98. The lowest BCUT2D eigenvalue weighted by Crippen LogP contribution is -2.42. The Bertz CT molecular complexity index is 381. The Balaban J connectivity index is 1.96. The SMILES string of the molecule is COc1cccc(SCC(O)(CN)C2CC2)c1. The number of hydrogen-bond donors (Lipinski definition) is 2. The van der Waals surface area contributed by atoms with Gasteiger partial charge in [0.1, 0.15) is 5.75 Å². The van der Waals surface area contributed by atoms with E-state index >= 15 is 0 Å². The van der Waals surface area contributed by atoms with Gasteiger partial charge in [0.05, 0.1) is 12.7 Å². The molecule has 0 saturated heterocycles. The molecule has 94 valence electrons. The number of rotatable bonds is 6. The van der Waals surface area contributed by atoms with E-state index in [1.165, 1.54) is 0 Å². The molecule has 1 fully saturated rings. The maximum Gasteiger partial charge on any atom is 0.119 e. The predicted octanol–water partition coefficient (Wildman–Crippen LogP) is 1.89. The average molecular weight is 253 g/mol. The van der Waals surface area contributed by atoms with Crippen LogP contribution in [-0.4, -0.2) is 30.1 Å². The van der Waals surface area contributed by atoms with Gasteiger partial charge in [-0.3, -0.25) is 0 Å². The van der Waals surface area contributed by atoms with Crippen molar-refractivity contribution >= 4 is 11.8 Å². The maximum absolute atomic E-state index is 10.4. The van der Waals surface area contributed by atoms with Crippen LogP contribution in [0.2, 0.25) is 0 Å². The molecule has 0 aliphatic heterocycles. The van der Waals surface area contributed by atoms with E-state index in [9.17, 15) is 5.11 Å². The largest absolute Gasteiger partial charge is 0.497 e. The molecule has 1 unspecified atom stereocenters. The number of thioether (sulfide) groups is 1. The van der Waals surface area contributed by atoms with Gasteiger partial charge in [-0.05, 0) is 37.0 Å². The molecule has 0 bridgehead atoms. The van der Waals surface area contributed by atoms with E-state index in [0.29, 0.717) is 18.2 Å². The Morgan fingerprint density at radius 3 is 2.88 bits per heavy atom. The first-order chi connectivity index (χ1) is 8.18. The lowest BCUT2D eigenvalue weighted by atomic mass is 10.0. The molecule has 1 aliphatic rings. The van der Waals surface area contributed by atoms with Gasteiger partial charge in [-0.2, -0.15) is 0 Å². The number of aliphatic hydroxyl groups is 1. The fourth-order valence-corrected chi connectivity index (χ4v) is 3.01. The van der Waals surface area contributed by atoms with Crippen LogP contribution in [0, 0.1) is 5.92 Å². The van der Waals surface area contributed by atoms with Crippen LogP contribution in [-0.2, 0) is 0 Å². The molecule has 2 rings (SSSR count). The summed E-state index contributed by atoms with van der Waals surface area (Å²) in [6, 6.07) is 7.88. The molecule has 0 heterocycles. The quantitative estimate of drug-likeness (QED) is 0.760. The van der Waals surface area contributed by atoms with E-state index in [1.807, 2.05) is 24.3 Å². The molecule has 1 aliphatic carbocycles. The molecule has 1 atom stereocenters. The molecular formula is C13H19NO2S. The van der Waals surface area contributed by atoms with E-state index in [1.54, 1.807) is 18.9 Å². The molecule has 0 amide bonds. The third-order valence-electron chi connectivity index (χ3n) is 3.22. The monoisotopic (exact) mass is 253 g/mol. The zero-order chi connectivity index (χ0) is 12.3. The van der Waals surface area contributed by atoms with Crippen LogP contribution in [0.3, 0.4) is 0 Å². The molecule has 0 aromatic heterocycles. The second-order valence-electron chi connectivity index (χ2n) is 4.55. The normalized spacial score (nSPS) is 18.8. The second kappa shape index (κ2) is 5.29. The molecule has 17 heavy (non-hydrogen) atoms. The predicted molar refractivity (Wildman–Crippen MR) is 70.4 cm³/mol. The van der Waals surface area contributed by atoms with Gasteiger partial charge in [-0.1, -0.05) is 6.07 Å². The topological polar surface area (TPSA) is 55.5 Å². The van der Waals surface area contributed by atoms with E-state index in [0.717, 1.165) is 23.5 Å². The van der Waals surface area contributed by atoms with Gasteiger partial charge < -0.3 is 15.6 Å². The number of benzene rings is 1. The van der Waals surface area contributed by atoms with Crippen molar-refractivity contribution < 1.29 is 9.84 Å². The molecule has 3 nitrogen and oxygen atoms in total. The first-order valence-electron chi connectivity index (χ1n) is 5.87. The maximum atomic E-state index is 10.4. The summed E-state index contributed by atoms with van der Waals surface area (Å²) in [5, 5.41) is 10.4. The highest BCUT2D eigenvalue weighted by atomic mass is 32.2. The Hall–Kier alpha value is -0.710. The third kappa shape index (κ3) is 3.15. The summed E-state index contributed by atoms with van der Waals surface area (Å²) in [4.78, 5) is 1.11. The molecule has 1 saturated carbocycles. The van der Waals surface area contributed by atoms with Crippen LogP contribution in [0.1, 0.15) is 12.8 Å². The van der Waals surface area contributed by atoms with Gasteiger partial charge >= 0.3 is 0 Å². The lowest BCUT2D eigenvalue weighted by Gasteiger charge is -2.25. The number of methoxy groups -OCH3 is 1. The van der Waals surface area contributed by atoms with Gasteiger partial charge in [-0.15, -0.1) is 11.8 Å². The molecule has 0 spiro atoms. The minimum Gasteiger partial charge on any atom is -0.497 e. The summed E-state index contributed by atoms with van der Waals surface area (Å²) in [5.74, 6) is 1.89. The molecule has 3 N–H and O–H groups in total. The van der Waals surface area contributed by atoms with Crippen LogP contribution in [0.25, 0.3) is 0 Å². The fraction of sp³-hybridized carbons (Fsp3) is 0.538. The van der Waals surface area contributed by atoms with Crippen LogP contribution in [0.5, 0.6) is 5.75 Å². The van der Waals surface area contributed by atoms with Crippen LogP contribution in [0.4, 0.5) is 0 Å². The average Bonchev–Trinajstić information content (AvgIpc) is 3.21. The summed E-state index contributed by atoms with van der Waals surface area (Å²) >= 11 is 1.64. The number of hydrogen-bond acceptors (Lipinski definition) is 4. The fourth-order valence-electron chi connectivity index (χ4n) is 1.86. The van der Waals surface area contributed by atoms with E-state index < -0.39 is 5.60 Å².